The number of nitrogens with zero attached hydrogens (tertiary/aromatic N) is 4. The lowest BCUT2D eigenvalue weighted by Gasteiger charge is -2.07. The summed E-state index contributed by atoms with van der Waals surface area (Å²) in [4.78, 5) is 0. The van der Waals surface area contributed by atoms with Crippen molar-refractivity contribution in [2.45, 2.75) is 13.8 Å². The van der Waals surface area contributed by atoms with Crippen molar-refractivity contribution in [2.75, 3.05) is 13.2 Å². The Bertz CT molecular complexity index is 962. The van der Waals surface area contributed by atoms with Crippen molar-refractivity contribution in [2.24, 2.45) is 0 Å². The molecule has 2 aromatic carbocycles. The van der Waals surface area contributed by atoms with Crippen LogP contribution in [0.15, 0.2) is 48.5 Å². The molecule has 0 fully saturated rings. The molecule has 0 N–H and O–H groups in total. The van der Waals surface area contributed by atoms with Crippen molar-refractivity contribution in [1.29, 1.82) is 0 Å². The summed E-state index contributed by atoms with van der Waals surface area (Å²) in [6.07, 6.45) is 0. The Kier molecular flexibility index (Phi) is 4.93. The summed E-state index contributed by atoms with van der Waals surface area (Å²) < 4.78 is 19.9. The van der Waals surface area contributed by atoms with E-state index in [1.54, 1.807) is 0 Å². The lowest BCUT2D eigenvalue weighted by molar-refractivity contribution is 0.340. The maximum absolute atomic E-state index is 5.50. The number of hydrogen-bond acceptors (Lipinski definition) is 7. The van der Waals surface area contributed by atoms with Crippen LogP contribution in [0, 0.1) is 0 Å². The minimum Gasteiger partial charge on any atom is -0.494 e. The van der Waals surface area contributed by atoms with Crippen molar-refractivity contribution in [3.05, 3.63) is 48.5 Å². The summed E-state index contributed by atoms with van der Waals surface area (Å²) in [6.45, 7) is 5.19. The monoisotopic (exact) mass is 378 g/mol. The molecule has 0 atom stereocenters. The van der Waals surface area contributed by atoms with E-state index in [9.17, 15) is 0 Å². The lowest BCUT2D eigenvalue weighted by Crippen LogP contribution is -1.96. The molecule has 0 aliphatic rings. The van der Waals surface area contributed by atoms with Crippen molar-refractivity contribution in [1.82, 2.24) is 18.9 Å². The normalized spacial score (nSPS) is 10.9. The van der Waals surface area contributed by atoms with E-state index in [1.807, 2.05) is 62.4 Å². The van der Waals surface area contributed by atoms with Gasteiger partial charge in [-0.15, -0.1) is 10.2 Å². The van der Waals surface area contributed by atoms with E-state index < -0.39 is 0 Å². The zero-order valence-corrected chi connectivity index (χ0v) is 15.9. The highest BCUT2D eigenvalue weighted by Gasteiger charge is 2.16. The van der Waals surface area contributed by atoms with Gasteiger partial charge in [-0.3, -0.25) is 0 Å². The van der Waals surface area contributed by atoms with Gasteiger partial charge in [-0.1, -0.05) is 0 Å². The van der Waals surface area contributed by atoms with Gasteiger partial charge in [0.25, 0.3) is 0 Å². The first-order chi connectivity index (χ1) is 13.3. The molecule has 6 nitrogen and oxygen atoms in total. The third-order valence-corrected chi connectivity index (χ3v) is 4.59. The van der Waals surface area contributed by atoms with E-state index in [4.69, 9.17) is 9.47 Å². The minimum atomic E-state index is 0.635. The number of hydrogen-bond donors (Lipinski definition) is 0. The molecule has 2 aromatic heterocycles. The molecular weight excluding hydrogens is 360 g/mol. The SMILES string of the molecule is CCOc1ccc(-c2nnc(-c3ccc(OCC)cc3)c3nsnc23)cc1. The second-order valence-corrected chi connectivity index (χ2v) is 6.30. The first-order valence-electron chi connectivity index (χ1n) is 8.75. The summed E-state index contributed by atoms with van der Waals surface area (Å²) in [5.41, 5.74) is 4.81. The third-order valence-electron chi connectivity index (χ3n) is 4.06. The van der Waals surface area contributed by atoms with Crippen molar-refractivity contribution in [3.8, 4) is 34.0 Å². The van der Waals surface area contributed by atoms with E-state index in [-0.39, 0.29) is 0 Å². The molecule has 136 valence electrons. The average Bonchev–Trinajstić information content (AvgIpc) is 3.19. The predicted molar refractivity (Wildman–Crippen MR) is 106 cm³/mol. The van der Waals surface area contributed by atoms with E-state index in [2.05, 4.69) is 18.9 Å². The standard InChI is InChI=1S/C20H18N4O2S/c1-3-25-15-9-5-13(6-10-15)17-19-20(24-27-23-19)18(22-21-17)14-7-11-16(12-8-14)26-4-2/h5-12H,3-4H2,1-2H3. The Labute approximate surface area is 161 Å². The zero-order valence-electron chi connectivity index (χ0n) is 15.0. The van der Waals surface area contributed by atoms with Crippen molar-refractivity contribution < 1.29 is 9.47 Å². The number of aromatic nitrogens is 4. The highest BCUT2D eigenvalue weighted by atomic mass is 32.1. The van der Waals surface area contributed by atoms with E-state index in [0.717, 1.165) is 56.8 Å². The average molecular weight is 378 g/mol. The molecule has 0 unspecified atom stereocenters. The molecule has 0 bridgehead atoms. The summed E-state index contributed by atoms with van der Waals surface area (Å²) in [5, 5.41) is 8.88. The van der Waals surface area contributed by atoms with Crippen LogP contribution in [-0.2, 0) is 0 Å². The highest BCUT2D eigenvalue weighted by molar-refractivity contribution is 7.00. The van der Waals surface area contributed by atoms with Gasteiger partial charge < -0.3 is 9.47 Å². The molecule has 27 heavy (non-hydrogen) atoms. The minimum absolute atomic E-state index is 0.635. The number of fused-ring (bicyclic) bond motifs is 1. The van der Waals surface area contributed by atoms with Crippen LogP contribution in [0.2, 0.25) is 0 Å². The molecule has 0 aliphatic heterocycles. The molecule has 4 rings (SSSR count). The van der Waals surface area contributed by atoms with Crippen molar-refractivity contribution in [3.63, 3.8) is 0 Å². The van der Waals surface area contributed by atoms with Gasteiger partial charge in [0.2, 0.25) is 0 Å². The molecule has 7 heteroatoms. The largest absolute Gasteiger partial charge is 0.494 e. The van der Waals surface area contributed by atoms with Crippen LogP contribution >= 0.6 is 11.7 Å². The first kappa shape index (κ1) is 17.4. The second-order valence-electron chi connectivity index (χ2n) is 5.77. The van der Waals surface area contributed by atoms with Crippen LogP contribution in [0.1, 0.15) is 13.8 Å². The Morgan fingerprint density at radius 2 is 1.07 bits per heavy atom. The molecule has 0 saturated carbocycles. The smallest absolute Gasteiger partial charge is 0.135 e. The third kappa shape index (κ3) is 3.46. The Hall–Kier alpha value is -3.06. The van der Waals surface area contributed by atoms with Gasteiger partial charge in [-0.05, 0) is 62.4 Å². The lowest BCUT2D eigenvalue weighted by atomic mass is 10.1. The Balaban J connectivity index is 1.74. The second kappa shape index (κ2) is 7.67. The van der Waals surface area contributed by atoms with Crippen LogP contribution in [0.25, 0.3) is 33.5 Å². The maximum Gasteiger partial charge on any atom is 0.135 e. The van der Waals surface area contributed by atoms with Gasteiger partial charge in [-0.25, -0.2) is 0 Å². The molecule has 0 saturated heterocycles. The first-order valence-corrected chi connectivity index (χ1v) is 9.48. The van der Waals surface area contributed by atoms with Crippen LogP contribution in [-0.4, -0.2) is 32.2 Å². The quantitative estimate of drug-likeness (QED) is 0.488. The molecular formula is C20H18N4O2S. The van der Waals surface area contributed by atoms with E-state index in [0.29, 0.717) is 13.2 Å². The topological polar surface area (TPSA) is 70.0 Å². The molecule has 0 radical (unpaired) electrons. The fourth-order valence-electron chi connectivity index (χ4n) is 2.83. The maximum atomic E-state index is 5.50. The molecule has 0 aliphatic carbocycles. The van der Waals surface area contributed by atoms with Gasteiger partial charge in [0.1, 0.15) is 33.9 Å². The molecule has 0 amide bonds. The Morgan fingerprint density at radius 1 is 0.667 bits per heavy atom. The van der Waals surface area contributed by atoms with Gasteiger partial charge >= 0.3 is 0 Å². The molecule has 0 spiro atoms. The summed E-state index contributed by atoms with van der Waals surface area (Å²) in [6, 6.07) is 15.5. The summed E-state index contributed by atoms with van der Waals surface area (Å²) in [5.74, 6) is 1.65. The van der Waals surface area contributed by atoms with Crippen LogP contribution in [0.5, 0.6) is 11.5 Å². The van der Waals surface area contributed by atoms with Gasteiger partial charge in [-0.2, -0.15) is 8.75 Å². The van der Waals surface area contributed by atoms with E-state index in [1.165, 1.54) is 0 Å². The van der Waals surface area contributed by atoms with Crippen LogP contribution in [0.3, 0.4) is 0 Å². The van der Waals surface area contributed by atoms with E-state index >= 15 is 0 Å². The fraction of sp³-hybridized carbons (Fsp3) is 0.200. The number of rotatable bonds is 6. The molecule has 2 heterocycles. The summed E-state index contributed by atoms with van der Waals surface area (Å²) >= 11 is 1.16. The highest BCUT2D eigenvalue weighted by Crippen LogP contribution is 2.32. The van der Waals surface area contributed by atoms with Crippen LogP contribution < -0.4 is 9.47 Å². The number of ether oxygens (including phenoxy) is 2. The van der Waals surface area contributed by atoms with Gasteiger partial charge in [0, 0.05) is 11.1 Å². The van der Waals surface area contributed by atoms with Crippen molar-refractivity contribution >= 4 is 22.8 Å². The predicted octanol–water partition coefficient (Wildman–Crippen LogP) is 4.61. The fourth-order valence-corrected chi connectivity index (χ4v) is 3.38. The van der Waals surface area contributed by atoms with Gasteiger partial charge in [0.15, 0.2) is 0 Å². The molecule has 4 aromatic rings. The zero-order chi connectivity index (χ0) is 18.6. The number of benzene rings is 2. The van der Waals surface area contributed by atoms with Gasteiger partial charge in [0.05, 0.1) is 24.9 Å². The van der Waals surface area contributed by atoms with Crippen LogP contribution in [0.4, 0.5) is 0 Å². The Morgan fingerprint density at radius 3 is 1.44 bits per heavy atom. The summed E-state index contributed by atoms with van der Waals surface area (Å²) in [7, 11) is 0.